The van der Waals surface area contributed by atoms with Gasteiger partial charge in [0.2, 0.25) is 0 Å². The minimum atomic E-state index is -0.174. The van der Waals surface area contributed by atoms with Crippen molar-refractivity contribution in [2.75, 3.05) is 6.61 Å². The van der Waals surface area contributed by atoms with E-state index >= 15 is 0 Å². The van der Waals surface area contributed by atoms with E-state index < -0.39 is 0 Å². The average molecular weight is 202 g/mol. The van der Waals surface area contributed by atoms with E-state index in [0.29, 0.717) is 13.0 Å². The lowest BCUT2D eigenvalue weighted by atomic mass is 9.92. The smallest absolute Gasteiger partial charge is 0.334 e. The normalized spacial score (nSPS) is 14.1. The minimum Gasteiger partial charge on any atom is -0.463 e. The zero-order valence-electron chi connectivity index (χ0n) is 8.82. The van der Waals surface area contributed by atoms with Crippen LogP contribution in [0.15, 0.2) is 35.9 Å². The first-order chi connectivity index (χ1) is 7.31. The monoisotopic (exact) mass is 202 g/mol. The van der Waals surface area contributed by atoms with Crippen LogP contribution in [-0.4, -0.2) is 12.6 Å². The van der Waals surface area contributed by atoms with E-state index in [2.05, 4.69) is 12.1 Å². The second kappa shape index (κ2) is 4.30. The van der Waals surface area contributed by atoms with Crippen molar-refractivity contribution in [2.45, 2.75) is 19.8 Å². The lowest BCUT2D eigenvalue weighted by Gasteiger charge is -2.15. The molecule has 0 heterocycles. The van der Waals surface area contributed by atoms with Crippen molar-refractivity contribution in [2.24, 2.45) is 0 Å². The van der Waals surface area contributed by atoms with Crippen LogP contribution in [0.1, 0.15) is 18.1 Å². The quantitative estimate of drug-likeness (QED) is 0.688. The van der Waals surface area contributed by atoms with Crippen LogP contribution >= 0.6 is 0 Å². The van der Waals surface area contributed by atoms with E-state index in [-0.39, 0.29) is 5.97 Å². The van der Waals surface area contributed by atoms with Gasteiger partial charge in [-0.05, 0) is 24.5 Å². The van der Waals surface area contributed by atoms with Crippen LogP contribution in [0, 0.1) is 0 Å². The number of fused-ring (bicyclic) bond motifs is 1. The first-order valence-corrected chi connectivity index (χ1v) is 5.24. The summed E-state index contributed by atoms with van der Waals surface area (Å²) in [6.45, 7) is 2.27. The molecule has 0 bridgehead atoms. The molecule has 0 aromatic heterocycles. The van der Waals surface area contributed by atoms with Gasteiger partial charge < -0.3 is 4.74 Å². The summed E-state index contributed by atoms with van der Waals surface area (Å²) in [4.78, 5) is 11.5. The van der Waals surface area contributed by atoms with Gasteiger partial charge in [0.05, 0.1) is 6.61 Å². The number of carbonyl (C=O) groups excluding carboxylic acids is 1. The number of hydrogen-bond acceptors (Lipinski definition) is 2. The number of ether oxygens (including phenoxy) is 1. The van der Waals surface area contributed by atoms with E-state index in [9.17, 15) is 4.79 Å². The number of esters is 1. The van der Waals surface area contributed by atoms with Crippen LogP contribution in [0.25, 0.3) is 0 Å². The molecule has 0 N–H and O–H groups in total. The van der Waals surface area contributed by atoms with Gasteiger partial charge in [-0.15, -0.1) is 0 Å². The number of benzene rings is 1. The SMILES string of the molecule is CCOC(=O)C1=CCc2ccccc2C1. The highest BCUT2D eigenvalue weighted by atomic mass is 16.5. The third-order valence-corrected chi connectivity index (χ3v) is 2.61. The average Bonchev–Trinajstić information content (AvgIpc) is 2.29. The van der Waals surface area contributed by atoms with Gasteiger partial charge in [0.25, 0.3) is 0 Å². The van der Waals surface area contributed by atoms with Crippen molar-refractivity contribution in [1.29, 1.82) is 0 Å². The van der Waals surface area contributed by atoms with Crippen molar-refractivity contribution >= 4 is 5.97 Å². The Morgan fingerprint density at radius 2 is 2.07 bits per heavy atom. The summed E-state index contributed by atoms with van der Waals surface area (Å²) in [5.74, 6) is -0.174. The Bertz CT molecular complexity index is 405. The van der Waals surface area contributed by atoms with Gasteiger partial charge in [-0.25, -0.2) is 4.79 Å². The molecule has 2 nitrogen and oxygen atoms in total. The molecule has 0 radical (unpaired) electrons. The number of allylic oxidation sites excluding steroid dienone is 1. The Labute approximate surface area is 89.6 Å². The van der Waals surface area contributed by atoms with Gasteiger partial charge in [0.15, 0.2) is 0 Å². The zero-order valence-corrected chi connectivity index (χ0v) is 8.82. The van der Waals surface area contributed by atoms with E-state index in [1.807, 2.05) is 25.1 Å². The highest BCUT2D eigenvalue weighted by Gasteiger charge is 2.16. The third-order valence-electron chi connectivity index (χ3n) is 2.61. The summed E-state index contributed by atoms with van der Waals surface area (Å²) in [7, 11) is 0. The number of hydrogen-bond donors (Lipinski definition) is 0. The fourth-order valence-corrected chi connectivity index (χ4v) is 1.82. The van der Waals surface area contributed by atoms with Crippen molar-refractivity contribution in [3.05, 3.63) is 47.0 Å². The largest absolute Gasteiger partial charge is 0.463 e. The van der Waals surface area contributed by atoms with Crippen LogP contribution in [-0.2, 0) is 22.4 Å². The van der Waals surface area contributed by atoms with Gasteiger partial charge >= 0.3 is 5.97 Å². The Morgan fingerprint density at radius 3 is 2.80 bits per heavy atom. The fourth-order valence-electron chi connectivity index (χ4n) is 1.82. The first kappa shape index (κ1) is 9.97. The molecular formula is C13H14O2. The molecule has 0 spiro atoms. The molecule has 78 valence electrons. The topological polar surface area (TPSA) is 26.3 Å². The van der Waals surface area contributed by atoms with Crippen LogP contribution in [0.5, 0.6) is 0 Å². The van der Waals surface area contributed by atoms with Crippen LogP contribution in [0.2, 0.25) is 0 Å². The summed E-state index contributed by atoms with van der Waals surface area (Å²) in [6, 6.07) is 8.21. The van der Waals surface area contributed by atoms with Crippen molar-refractivity contribution in [3.8, 4) is 0 Å². The minimum absolute atomic E-state index is 0.174. The number of carbonyl (C=O) groups is 1. The zero-order chi connectivity index (χ0) is 10.7. The molecule has 0 amide bonds. The summed E-state index contributed by atoms with van der Waals surface area (Å²) in [5, 5.41) is 0. The molecule has 2 heteroatoms. The van der Waals surface area contributed by atoms with Gasteiger partial charge in [0.1, 0.15) is 0 Å². The Kier molecular flexibility index (Phi) is 2.86. The van der Waals surface area contributed by atoms with Crippen LogP contribution < -0.4 is 0 Å². The Morgan fingerprint density at radius 1 is 1.33 bits per heavy atom. The summed E-state index contributed by atoms with van der Waals surface area (Å²) < 4.78 is 4.99. The maximum Gasteiger partial charge on any atom is 0.334 e. The molecule has 0 saturated carbocycles. The maximum atomic E-state index is 11.5. The van der Waals surface area contributed by atoms with E-state index in [0.717, 1.165) is 12.0 Å². The molecule has 0 unspecified atom stereocenters. The molecule has 2 rings (SSSR count). The summed E-state index contributed by atoms with van der Waals surface area (Å²) >= 11 is 0. The molecule has 1 aliphatic rings. The lowest BCUT2D eigenvalue weighted by Crippen LogP contribution is -2.14. The van der Waals surface area contributed by atoms with E-state index in [1.54, 1.807) is 0 Å². The summed E-state index contributed by atoms with van der Waals surface area (Å²) in [5.41, 5.74) is 3.34. The highest BCUT2D eigenvalue weighted by molar-refractivity contribution is 5.89. The molecule has 0 fully saturated rings. The van der Waals surface area contributed by atoms with E-state index in [1.165, 1.54) is 11.1 Å². The molecule has 0 atom stereocenters. The van der Waals surface area contributed by atoms with E-state index in [4.69, 9.17) is 4.74 Å². The van der Waals surface area contributed by atoms with Crippen LogP contribution in [0.3, 0.4) is 0 Å². The van der Waals surface area contributed by atoms with Gasteiger partial charge in [-0.3, -0.25) is 0 Å². The number of rotatable bonds is 2. The second-order valence-electron chi connectivity index (χ2n) is 3.60. The first-order valence-electron chi connectivity index (χ1n) is 5.24. The predicted molar refractivity (Wildman–Crippen MR) is 58.6 cm³/mol. The van der Waals surface area contributed by atoms with Gasteiger partial charge in [-0.1, -0.05) is 30.3 Å². The molecule has 1 aromatic carbocycles. The fraction of sp³-hybridized carbons (Fsp3) is 0.308. The Balaban J connectivity index is 2.16. The third kappa shape index (κ3) is 2.09. The lowest BCUT2D eigenvalue weighted by molar-refractivity contribution is -0.138. The highest BCUT2D eigenvalue weighted by Crippen LogP contribution is 2.21. The van der Waals surface area contributed by atoms with Gasteiger partial charge in [0, 0.05) is 12.0 Å². The van der Waals surface area contributed by atoms with Crippen molar-refractivity contribution in [1.82, 2.24) is 0 Å². The standard InChI is InChI=1S/C13H14O2/c1-2-15-13(14)12-8-7-10-5-3-4-6-11(10)9-12/h3-6,8H,2,7,9H2,1H3. The maximum absolute atomic E-state index is 11.5. The molecule has 1 aliphatic carbocycles. The Hall–Kier alpha value is -1.57. The molecule has 0 aliphatic heterocycles. The molecular weight excluding hydrogens is 188 g/mol. The van der Waals surface area contributed by atoms with Crippen molar-refractivity contribution < 1.29 is 9.53 Å². The second-order valence-corrected chi connectivity index (χ2v) is 3.60. The van der Waals surface area contributed by atoms with Crippen molar-refractivity contribution in [3.63, 3.8) is 0 Å². The summed E-state index contributed by atoms with van der Waals surface area (Å²) in [6.07, 6.45) is 3.51. The predicted octanol–water partition coefficient (Wildman–Crippen LogP) is 2.27. The molecule has 1 aromatic rings. The molecule has 15 heavy (non-hydrogen) atoms. The van der Waals surface area contributed by atoms with Gasteiger partial charge in [-0.2, -0.15) is 0 Å². The molecule has 0 saturated heterocycles. The van der Waals surface area contributed by atoms with Crippen LogP contribution in [0.4, 0.5) is 0 Å².